The van der Waals surface area contributed by atoms with Gasteiger partial charge in [0.25, 0.3) is 0 Å². The monoisotopic (exact) mass is 106 g/mol. The Balaban J connectivity index is 2.64. The Bertz CT molecular complexity index is 73.6. The maximum atomic E-state index is 3.80. The van der Waals surface area contributed by atoms with Crippen molar-refractivity contribution in [1.29, 1.82) is 0 Å². The lowest BCUT2D eigenvalue weighted by atomic mass is 11.6. The first-order valence-electron chi connectivity index (χ1n) is 1.15. The summed E-state index contributed by atoms with van der Waals surface area (Å²) >= 11 is 2.78. The molecule has 0 aromatic rings. The summed E-state index contributed by atoms with van der Waals surface area (Å²) < 4.78 is 7.55. The van der Waals surface area contributed by atoms with Crippen molar-refractivity contribution in [3.8, 4) is 0 Å². The van der Waals surface area contributed by atoms with Crippen LogP contribution in [0.5, 0.6) is 0 Å². The summed E-state index contributed by atoms with van der Waals surface area (Å²) in [6.45, 7) is 0. The molecule has 0 bridgehead atoms. The van der Waals surface area contributed by atoms with Crippen LogP contribution in [0.4, 0.5) is 0 Å². The molecule has 0 aromatic carbocycles. The fraction of sp³-hybridized carbons (Fsp3) is 1.00. The number of nitrogens with zero attached hydrogens (tertiary/aromatic N) is 2. The van der Waals surface area contributed by atoms with Crippen LogP contribution < -0.4 is 0 Å². The van der Waals surface area contributed by atoms with E-state index in [9.17, 15) is 0 Å². The van der Waals surface area contributed by atoms with Gasteiger partial charge in [-0.25, -0.2) is 0 Å². The summed E-state index contributed by atoms with van der Waals surface area (Å²) in [6.07, 6.45) is 0. The zero-order valence-corrected chi connectivity index (χ0v) is 4.05. The van der Waals surface area contributed by atoms with Crippen molar-refractivity contribution < 1.29 is 0 Å². The predicted molar refractivity (Wildman–Crippen MR) is 24.7 cm³/mol. The second kappa shape index (κ2) is 1.57. The molecule has 1 aliphatic rings. The van der Waals surface area contributed by atoms with Crippen LogP contribution in [0.25, 0.3) is 0 Å². The van der Waals surface area contributed by atoms with Crippen LogP contribution in [0.2, 0.25) is 0 Å². The highest BCUT2D eigenvalue weighted by Crippen LogP contribution is 2.04. The standard InChI is InChI=1S/CH2N2S2/c1-2-5-3-4-1/h1H2. The molecule has 0 unspecified atom stereocenters. The molecule has 1 heterocycles. The normalized spacial score (nSPS) is 19.2. The minimum Gasteiger partial charge on any atom is -0.200 e. The largest absolute Gasteiger partial charge is 0.200 e. The molecule has 5 heavy (non-hydrogen) atoms. The molecule has 0 fully saturated rings. The van der Waals surface area contributed by atoms with Crippen molar-refractivity contribution >= 4 is 23.3 Å². The van der Waals surface area contributed by atoms with Gasteiger partial charge in [-0.3, -0.25) is 0 Å². The quantitative estimate of drug-likeness (QED) is 0.424. The molecule has 0 saturated carbocycles. The zero-order chi connectivity index (χ0) is 3.54. The molecule has 0 atom stereocenters. The maximum absolute atomic E-state index is 3.80. The summed E-state index contributed by atoms with van der Waals surface area (Å²) in [5.74, 6) is 0.838. The Morgan fingerprint density at radius 1 is 1.60 bits per heavy atom. The van der Waals surface area contributed by atoms with E-state index in [0.717, 1.165) is 5.88 Å². The third-order valence-corrected chi connectivity index (χ3v) is 1.60. The average Bonchev–Trinajstić information content (AvgIpc) is 1.76. The lowest BCUT2D eigenvalue weighted by Crippen LogP contribution is -1.48. The molecule has 0 saturated heterocycles. The van der Waals surface area contributed by atoms with Gasteiger partial charge in [-0.15, -0.1) is 3.77 Å². The SMILES string of the molecule is C1N=S=NS1. The Labute approximate surface area is 38.0 Å². The topological polar surface area (TPSA) is 24.7 Å². The average molecular weight is 106 g/mol. The van der Waals surface area contributed by atoms with Gasteiger partial charge in [-0.2, -0.15) is 4.36 Å². The highest BCUT2D eigenvalue weighted by molar-refractivity contribution is 8.02. The lowest BCUT2D eigenvalue weighted by molar-refractivity contribution is 1.46. The van der Waals surface area contributed by atoms with Crippen molar-refractivity contribution in [1.82, 2.24) is 0 Å². The van der Waals surface area contributed by atoms with Crippen LogP contribution in [-0.4, -0.2) is 5.88 Å². The molecular weight excluding hydrogens is 104 g/mol. The second-order valence-corrected chi connectivity index (χ2v) is 2.08. The van der Waals surface area contributed by atoms with Crippen LogP contribution in [0.3, 0.4) is 0 Å². The van der Waals surface area contributed by atoms with Crippen LogP contribution in [0.15, 0.2) is 8.13 Å². The molecule has 1 aliphatic heterocycles. The molecule has 4 heteroatoms. The van der Waals surface area contributed by atoms with E-state index >= 15 is 0 Å². The van der Waals surface area contributed by atoms with Crippen molar-refractivity contribution in [3.63, 3.8) is 0 Å². The van der Waals surface area contributed by atoms with Crippen molar-refractivity contribution in [2.75, 3.05) is 5.88 Å². The van der Waals surface area contributed by atoms with Crippen LogP contribution in [0, 0.1) is 0 Å². The van der Waals surface area contributed by atoms with Crippen LogP contribution in [-0.2, 0) is 11.4 Å². The summed E-state index contributed by atoms with van der Waals surface area (Å²) in [4.78, 5) is 0. The van der Waals surface area contributed by atoms with Gasteiger partial charge >= 0.3 is 0 Å². The number of hydrogen-bond acceptors (Lipinski definition) is 3. The molecule has 28 valence electrons. The van der Waals surface area contributed by atoms with E-state index < -0.39 is 0 Å². The fourth-order valence-electron chi connectivity index (χ4n) is 0.118. The maximum Gasteiger partial charge on any atom is 0.121 e. The third-order valence-electron chi connectivity index (χ3n) is 0.254. The molecule has 0 spiro atoms. The van der Waals surface area contributed by atoms with E-state index in [4.69, 9.17) is 0 Å². The van der Waals surface area contributed by atoms with Gasteiger partial charge in [-0.1, -0.05) is 0 Å². The molecule has 0 radical (unpaired) electrons. The van der Waals surface area contributed by atoms with Gasteiger partial charge < -0.3 is 0 Å². The van der Waals surface area contributed by atoms with Gasteiger partial charge in [0.1, 0.15) is 5.88 Å². The fourth-order valence-corrected chi connectivity index (χ4v) is 1.06. The second-order valence-electron chi connectivity index (χ2n) is 0.543. The summed E-state index contributed by atoms with van der Waals surface area (Å²) in [7, 11) is 0. The van der Waals surface area contributed by atoms with Gasteiger partial charge in [0.2, 0.25) is 0 Å². The number of hydrogen-bond donors (Lipinski definition) is 0. The van der Waals surface area contributed by atoms with E-state index in [1.165, 1.54) is 23.3 Å². The highest BCUT2D eigenvalue weighted by atomic mass is 32.2. The van der Waals surface area contributed by atoms with Crippen molar-refractivity contribution in [2.45, 2.75) is 0 Å². The molecule has 0 N–H and O–H groups in total. The predicted octanol–water partition coefficient (Wildman–Crippen LogP) is 1.06. The Morgan fingerprint density at radius 2 is 2.60 bits per heavy atom. The minimum absolute atomic E-state index is 0.838. The summed E-state index contributed by atoms with van der Waals surface area (Å²) in [5.41, 5.74) is 0. The Morgan fingerprint density at radius 3 is 2.80 bits per heavy atom. The van der Waals surface area contributed by atoms with E-state index in [1.54, 1.807) is 0 Å². The first kappa shape index (κ1) is 3.36. The van der Waals surface area contributed by atoms with Crippen molar-refractivity contribution in [3.05, 3.63) is 0 Å². The molecular formula is CH2N2S2. The first-order valence-corrected chi connectivity index (χ1v) is 2.83. The molecule has 1 rings (SSSR count). The lowest BCUT2D eigenvalue weighted by Gasteiger charge is -1.62. The smallest absolute Gasteiger partial charge is 0.121 e. The molecule has 0 aliphatic carbocycles. The Hall–Kier alpha value is 0.170. The number of rotatable bonds is 0. The molecule has 2 nitrogen and oxygen atoms in total. The van der Waals surface area contributed by atoms with Gasteiger partial charge in [-0.05, 0) is 0 Å². The molecule has 0 amide bonds. The summed E-state index contributed by atoms with van der Waals surface area (Å²) in [5, 5.41) is 0. The van der Waals surface area contributed by atoms with Crippen LogP contribution >= 0.6 is 11.9 Å². The van der Waals surface area contributed by atoms with Gasteiger partial charge in [0, 0.05) is 11.9 Å². The van der Waals surface area contributed by atoms with Crippen molar-refractivity contribution in [2.24, 2.45) is 8.13 Å². The Kier molecular flexibility index (Phi) is 1.05. The minimum atomic E-state index is 0.838. The van der Waals surface area contributed by atoms with Crippen LogP contribution in [0.1, 0.15) is 0 Å². The van der Waals surface area contributed by atoms with E-state index in [1.807, 2.05) is 0 Å². The highest BCUT2D eigenvalue weighted by Gasteiger charge is 1.79. The van der Waals surface area contributed by atoms with E-state index in [-0.39, 0.29) is 0 Å². The van der Waals surface area contributed by atoms with E-state index in [2.05, 4.69) is 8.13 Å². The van der Waals surface area contributed by atoms with Gasteiger partial charge in [0.15, 0.2) is 0 Å². The molecule has 0 aromatic heterocycles. The zero-order valence-electron chi connectivity index (χ0n) is 2.42. The summed E-state index contributed by atoms with van der Waals surface area (Å²) in [6, 6.07) is 0. The van der Waals surface area contributed by atoms with E-state index in [0.29, 0.717) is 0 Å². The first-order chi connectivity index (χ1) is 2.50. The van der Waals surface area contributed by atoms with Gasteiger partial charge in [0.05, 0.1) is 11.4 Å². The third kappa shape index (κ3) is 0.735.